The summed E-state index contributed by atoms with van der Waals surface area (Å²) in [7, 11) is 1.65. The molecule has 0 saturated carbocycles. The topological polar surface area (TPSA) is 98.2 Å². The summed E-state index contributed by atoms with van der Waals surface area (Å²) in [6.07, 6.45) is 3.38. The Hall–Kier alpha value is -2.78. The number of H-pyrrole nitrogens is 1. The number of methoxy groups -OCH3 is 1. The predicted octanol–water partition coefficient (Wildman–Crippen LogP) is 2.13. The molecule has 160 valence electrons. The van der Waals surface area contributed by atoms with Crippen molar-refractivity contribution in [1.82, 2.24) is 30.1 Å². The van der Waals surface area contributed by atoms with Gasteiger partial charge < -0.3 is 14.5 Å². The van der Waals surface area contributed by atoms with E-state index in [9.17, 15) is 4.79 Å². The zero-order valence-corrected chi connectivity index (χ0v) is 17.5. The molecule has 0 radical (unpaired) electrons. The lowest BCUT2D eigenvalue weighted by molar-refractivity contribution is 0.163. The molecule has 9 heteroatoms. The number of piperidine rings is 1. The standard InChI is InChI=1S/C21H28N6O3/c1-3-30-16-7-8-18-15(13-16)14-17(21(28)22-18)19(26-9-5-4-6-10-26)20-23-24-25-27(20)11-12-29-2/h7-8,13-14,19H,3-6,9-12H2,1-2H3,(H,22,28)/t19-/m0/s1. The van der Waals surface area contributed by atoms with Crippen molar-refractivity contribution >= 4 is 10.9 Å². The molecule has 1 aliphatic heterocycles. The van der Waals surface area contributed by atoms with Crippen molar-refractivity contribution in [1.29, 1.82) is 0 Å². The van der Waals surface area contributed by atoms with E-state index in [0.717, 1.165) is 42.6 Å². The number of hydrogen-bond acceptors (Lipinski definition) is 7. The first kappa shape index (κ1) is 20.5. The molecule has 0 amide bonds. The summed E-state index contributed by atoms with van der Waals surface area (Å²) in [5.41, 5.74) is 1.30. The maximum absolute atomic E-state index is 13.1. The highest BCUT2D eigenvalue weighted by Crippen LogP contribution is 2.30. The van der Waals surface area contributed by atoms with Crippen molar-refractivity contribution in [2.24, 2.45) is 0 Å². The first-order valence-corrected chi connectivity index (χ1v) is 10.5. The van der Waals surface area contributed by atoms with Crippen molar-refractivity contribution in [3.63, 3.8) is 0 Å². The van der Waals surface area contributed by atoms with Crippen LogP contribution in [0, 0.1) is 0 Å². The monoisotopic (exact) mass is 412 g/mol. The van der Waals surface area contributed by atoms with Crippen LogP contribution in [0.1, 0.15) is 43.6 Å². The number of fused-ring (bicyclic) bond motifs is 1. The van der Waals surface area contributed by atoms with E-state index in [1.165, 1.54) is 6.42 Å². The first-order chi connectivity index (χ1) is 14.7. The Morgan fingerprint density at radius 2 is 2.03 bits per heavy atom. The van der Waals surface area contributed by atoms with Gasteiger partial charge in [-0.2, -0.15) is 0 Å². The van der Waals surface area contributed by atoms with Gasteiger partial charge in [-0.3, -0.25) is 9.69 Å². The summed E-state index contributed by atoms with van der Waals surface area (Å²) >= 11 is 0. The number of nitrogens with zero attached hydrogens (tertiary/aromatic N) is 5. The third-order valence-electron chi connectivity index (χ3n) is 5.52. The number of benzene rings is 1. The van der Waals surface area contributed by atoms with Crippen LogP contribution in [0.25, 0.3) is 10.9 Å². The summed E-state index contributed by atoms with van der Waals surface area (Å²) in [5, 5.41) is 13.3. The maximum atomic E-state index is 13.1. The number of tetrazole rings is 1. The molecule has 1 saturated heterocycles. The second-order valence-electron chi connectivity index (χ2n) is 7.49. The highest BCUT2D eigenvalue weighted by Gasteiger charge is 2.31. The second kappa shape index (κ2) is 9.36. The van der Waals surface area contributed by atoms with Gasteiger partial charge in [0.1, 0.15) is 11.8 Å². The number of aromatic nitrogens is 5. The van der Waals surface area contributed by atoms with E-state index in [-0.39, 0.29) is 11.6 Å². The largest absolute Gasteiger partial charge is 0.494 e. The number of ether oxygens (including phenoxy) is 2. The minimum atomic E-state index is -0.318. The number of rotatable bonds is 8. The van der Waals surface area contributed by atoms with Gasteiger partial charge in [0.25, 0.3) is 5.56 Å². The van der Waals surface area contributed by atoms with Crippen molar-refractivity contribution in [3.8, 4) is 5.75 Å². The highest BCUT2D eigenvalue weighted by atomic mass is 16.5. The fourth-order valence-corrected chi connectivity index (χ4v) is 4.08. The van der Waals surface area contributed by atoms with Crippen LogP contribution < -0.4 is 10.3 Å². The lowest BCUT2D eigenvalue weighted by Gasteiger charge is -2.33. The van der Waals surface area contributed by atoms with Gasteiger partial charge >= 0.3 is 0 Å². The SMILES string of the molecule is CCOc1ccc2[nH]c(=O)c([C@@H](c3nnnn3CCOC)N3CCCCC3)cc2c1. The van der Waals surface area contributed by atoms with E-state index in [0.29, 0.717) is 31.1 Å². The molecule has 0 spiro atoms. The Bertz CT molecular complexity index is 1040. The zero-order valence-electron chi connectivity index (χ0n) is 17.5. The molecule has 2 aromatic heterocycles. The molecular weight excluding hydrogens is 384 g/mol. The van der Waals surface area contributed by atoms with Crippen LogP contribution in [-0.4, -0.2) is 63.5 Å². The fraction of sp³-hybridized carbons (Fsp3) is 0.524. The Balaban J connectivity index is 1.82. The van der Waals surface area contributed by atoms with Gasteiger partial charge in [0.05, 0.1) is 19.8 Å². The molecule has 1 atom stereocenters. The quantitative estimate of drug-likeness (QED) is 0.605. The lowest BCUT2D eigenvalue weighted by Crippen LogP contribution is -2.38. The van der Waals surface area contributed by atoms with Crippen molar-refractivity contribution in [2.45, 2.75) is 38.8 Å². The average molecular weight is 412 g/mol. The van der Waals surface area contributed by atoms with E-state index in [1.54, 1.807) is 11.8 Å². The number of pyridine rings is 1. The average Bonchev–Trinajstić information content (AvgIpc) is 3.22. The van der Waals surface area contributed by atoms with Crippen LogP contribution in [0.15, 0.2) is 29.1 Å². The molecule has 1 fully saturated rings. The van der Waals surface area contributed by atoms with Gasteiger partial charge in [-0.05, 0) is 67.5 Å². The Kier molecular flexibility index (Phi) is 6.39. The van der Waals surface area contributed by atoms with Crippen molar-refractivity contribution < 1.29 is 9.47 Å². The van der Waals surface area contributed by atoms with Crippen LogP contribution >= 0.6 is 0 Å². The minimum Gasteiger partial charge on any atom is -0.494 e. The van der Waals surface area contributed by atoms with Gasteiger partial charge in [-0.15, -0.1) is 5.10 Å². The summed E-state index contributed by atoms with van der Waals surface area (Å²) in [4.78, 5) is 18.5. The predicted molar refractivity (Wildman–Crippen MR) is 113 cm³/mol. The van der Waals surface area contributed by atoms with Crippen molar-refractivity contribution in [2.75, 3.05) is 33.4 Å². The molecular formula is C21H28N6O3. The number of hydrogen-bond donors (Lipinski definition) is 1. The third-order valence-corrected chi connectivity index (χ3v) is 5.52. The third kappa shape index (κ3) is 4.22. The van der Waals surface area contributed by atoms with Gasteiger partial charge in [-0.25, -0.2) is 4.68 Å². The molecule has 9 nitrogen and oxygen atoms in total. The summed E-state index contributed by atoms with van der Waals surface area (Å²) in [6.45, 7) is 5.37. The van der Waals surface area contributed by atoms with Crippen molar-refractivity contribution in [3.05, 3.63) is 46.0 Å². The molecule has 1 aromatic carbocycles. The molecule has 1 N–H and O–H groups in total. The molecule has 1 aliphatic rings. The molecule has 0 bridgehead atoms. The van der Waals surface area contributed by atoms with Crippen LogP contribution in [0.5, 0.6) is 5.75 Å². The zero-order chi connectivity index (χ0) is 20.9. The highest BCUT2D eigenvalue weighted by molar-refractivity contribution is 5.80. The van der Waals surface area contributed by atoms with Gasteiger partial charge in [0.2, 0.25) is 0 Å². The smallest absolute Gasteiger partial charge is 0.253 e. The van der Waals surface area contributed by atoms with Gasteiger partial charge in [0.15, 0.2) is 5.82 Å². The molecule has 4 rings (SSSR count). The lowest BCUT2D eigenvalue weighted by atomic mass is 10.0. The summed E-state index contributed by atoms with van der Waals surface area (Å²) < 4.78 is 12.6. The van der Waals surface area contributed by atoms with Gasteiger partial charge in [-0.1, -0.05) is 6.42 Å². The van der Waals surface area contributed by atoms with Crippen LogP contribution in [0.3, 0.4) is 0 Å². The van der Waals surface area contributed by atoms with Crippen LogP contribution in [0.4, 0.5) is 0 Å². The van der Waals surface area contributed by atoms with Gasteiger partial charge in [0, 0.05) is 23.6 Å². The normalized spacial score (nSPS) is 16.1. The molecule has 0 aliphatic carbocycles. The van der Waals surface area contributed by atoms with E-state index >= 15 is 0 Å². The van der Waals surface area contributed by atoms with E-state index in [4.69, 9.17) is 9.47 Å². The Labute approximate surface area is 175 Å². The minimum absolute atomic E-state index is 0.122. The Morgan fingerprint density at radius 1 is 1.20 bits per heavy atom. The molecule has 0 unspecified atom stereocenters. The number of likely N-dealkylation sites (tertiary alicyclic amines) is 1. The summed E-state index contributed by atoms with van der Waals surface area (Å²) in [6, 6.07) is 7.34. The van der Waals surface area contributed by atoms with Crippen LogP contribution in [-0.2, 0) is 11.3 Å². The molecule has 3 aromatic rings. The fourth-order valence-electron chi connectivity index (χ4n) is 4.08. The number of nitrogens with one attached hydrogen (secondary N) is 1. The summed E-state index contributed by atoms with van der Waals surface area (Å²) in [5.74, 6) is 1.45. The van der Waals surface area contributed by atoms with E-state index in [2.05, 4.69) is 25.4 Å². The Morgan fingerprint density at radius 3 is 2.80 bits per heavy atom. The molecule has 30 heavy (non-hydrogen) atoms. The van der Waals surface area contributed by atoms with E-state index < -0.39 is 0 Å². The first-order valence-electron chi connectivity index (χ1n) is 10.5. The second-order valence-corrected chi connectivity index (χ2v) is 7.49. The maximum Gasteiger partial charge on any atom is 0.253 e. The van der Waals surface area contributed by atoms with E-state index in [1.807, 2.05) is 31.2 Å². The molecule has 3 heterocycles. The van der Waals surface area contributed by atoms with Crippen LogP contribution in [0.2, 0.25) is 0 Å². The number of aromatic amines is 1.